The molecule has 0 aliphatic carbocycles. The smallest absolute Gasteiger partial charge is 0.319 e. The normalized spacial score (nSPS) is 10.1. The summed E-state index contributed by atoms with van der Waals surface area (Å²) >= 11 is 0. The maximum absolute atomic E-state index is 12.0. The van der Waals surface area contributed by atoms with Gasteiger partial charge in [-0.2, -0.15) is 0 Å². The topological polar surface area (TPSA) is 44.4 Å². The van der Waals surface area contributed by atoms with Gasteiger partial charge in [-0.1, -0.05) is 13.8 Å². The van der Waals surface area contributed by atoms with Crippen LogP contribution < -0.4 is 27.9 Å². The van der Waals surface area contributed by atoms with Crippen molar-refractivity contribution in [1.82, 2.24) is 5.32 Å². The fourth-order valence-electron chi connectivity index (χ4n) is 2.41. The van der Waals surface area contributed by atoms with E-state index in [1.165, 1.54) is 5.69 Å². The summed E-state index contributed by atoms with van der Waals surface area (Å²) in [6, 6.07) is 6.28. The minimum absolute atomic E-state index is 0. The number of nitrogens with zero attached hydrogens (tertiary/aromatic N) is 1. The van der Waals surface area contributed by atoms with E-state index >= 15 is 0 Å². The Morgan fingerprint density at radius 2 is 1.73 bits per heavy atom. The Morgan fingerprint density at radius 3 is 2.18 bits per heavy atom. The van der Waals surface area contributed by atoms with Gasteiger partial charge in [0.05, 0.1) is 0 Å². The van der Waals surface area contributed by atoms with E-state index in [4.69, 9.17) is 0 Å². The van der Waals surface area contributed by atoms with Crippen LogP contribution in [-0.4, -0.2) is 25.2 Å². The lowest BCUT2D eigenvalue weighted by atomic mass is 10.1. The highest BCUT2D eigenvalue weighted by molar-refractivity contribution is 5.90. The Kier molecular flexibility index (Phi) is 9.66. The second-order valence-corrected chi connectivity index (χ2v) is 5.28. The van der Waals surface area contributed by atoms with Crippen molar-refractivity contribution in [3.63, 3.8) is 0 Å². The highest BCUT2D eigenvalue weighted by Crippen LogP contribution is 2.22. The van der Waals surface area contributed by atoms with Gasteiger partial charge in [0.25, 0.3) is 0 Å². The molecule has 0 spiro atoms. The molecule has 126 valence electrons. The molecule has 1 aromatic rings. The highest BCUT2D eigenvalue weighted by atomic mass is 35.5. The number of hydrogen-bond acceptors (Lipinski definition) is 2. The SMILES string of the molecule is CCC(CC)NC(=O)Nc1ccc(N(CC)CC)cc1C.[Cl-]. The number of anilines is 2. The van der Waals surface area contributed by atoms with Crippen LogP contribution in [0.3, 0.4) is 0 Å². The number of nitrogens with one attached hydrogen (secondary N) is 2. The van der Waals surface area contributed by atoms with Gasteiger partial charge in [-0.25, -0.2) is 4.79 Å². The molecular formula is C17H29ClN3O-. The second-order valence-electron chi connectivity index (χ2n) is 5.28. The Bertz CT molecular complexity index is 457. The molecule has 0 bridgehead atoms. The molecular weight excluding hydrogens is 298 g/mol. The van der Waals surface area contributed by atoms with Gasteiger partial charge >= 0.3 is 6.03 Å². The van der Waals surface area contributed by atoms with Crippen molar-refractivity contribution in [2.24, 2.45) is 0 Å². The van der Waals surface area contributed by atoms with Crippen LogP contribution in [0.4, 0.5) is 16.2 Å². The zero-order valence-corrected chi connectivity index (χ0v) is 15.1. The van der Waals surface area contributed by atoms with Crippen molar-refractivity contribution in [1.29, 1.82) is 0 Å². The van der Waals surface area contributed by atoms with Gasteiger partial charge in [-0.3, -0.25) is 0 Å². The molecule has 0 aliphatic rings. The molecule has 2 amide bonds. The molecule has 4 nitrogen and oxygen atoms in total. The van der Waals surface area contributed by atoms with Gasteiger partial charge in [0.2, 0.25) is 0 Å². The van der Waals surface area contributed by atoms with Gasteiger partial charge in [0.15, 0.2) is 0 Å². The fourth-order valence-corrected chi connectivity index (χ4v) is 2.41. The predicted octanol–water partition coefficient (Wildman–Crippen LogP) is 1.16. The van der Waals surface area contributed by atoms with Crippen LogP contribution in [0.5, 0.6) is 0 Å². The molecule has 0 aliphatic heterocycles. The van der Waals surface area contributed by atoms with Crippen LogP contribution in [0.1, 0.15) is 46.1 Å². The summed E-state index contributed by atoms with van der Waals surface area (Å²) in [7, 11) is 0. The van der Waals surface area contributed by atoms with Crippen molar-refractivity contribution < 1.29 is 17.2 Å². The highest BCUT2D eigenvalue weighted by Gasteiger charge is 2.10. The first-order valence-electron chi connectivity index (χ1n) is 7.98. The van der Waals surface area contributed by atoms with Crippen LogP contribution in [0.25, 0.3) is 0 Å². The lowest BCUT2D eigenvalue weighted by molar-refractivity contribution is -0.00000790. The van der Waals surface area contributed by atoms with Gasteiger partial charge < -0.3 is 27.9 Å². The zero-order valence-electron chi connectivity index (χ0n) is 14.4. The van der Waals surface area contributed by atoms with E-state index < -0.39 is 0 Å². The Labute approximate surface area is 141 Å². The fraction of sp³-hybridized carbons (Fsp3) is 0.588. The molecule has 0 fully saturated rings. The number of benzene rings is 1. The molecule has 0 atom stereocenters. The van der Waals surface area contributed by atoms with E-state index in [9.17, 15) is 4.79 Å². The lowest BCUT2D eigenvalue weighted by Crippen LogP contribution is -3.00. The minimum atomic E-state index is -0.123. The first kappa shape index (κ1) is 20.6. The number of rotatable bonds is 7. The second kappa shape index (κ2) is 10.3. The average Bonchev–Trinajstić information content (AvgIpc) is 2.48. The Morgan fingerprint density at radius 1 is 1.14 bits per heavy atom. The van der Waals surface area contributed by atoms with Crippen molar-refractivity contribution in [3.8, 4) is 0 Å². The molecule has 0 heterocycles. The molecule has 22 heavy (non-hydrogen) atoms. The van der Waals surface area contributed by atoms with Crippen LogP contribution in [0.2, 0.25) is 0 Å². The van der Waals surface area contributed by atoms with Crippen LogP contribution in [0, 0.1) is 6.92 Å². The lowest BCUT2D eigenvalue weighted by Gasteiger charge is -2.22. The maximum atomic E-state index is 12.0. The third-order valence-corrected chi connectivity index (χ3v) is 3.91. The molecule has 0 radical (unpaired) electrons. The van der Waals surface area contributed by atoms with Gasteiger partial charge in [0.1, 0.15) is 0 Å². The molecule has 5 heteroatoms. The van der Waals surface area contributed by atoms with E-state index in [1.807, 2.05) is 13.0 Å². The van der Waals surface area contributed by atoms with E-state index in [1.54, 1.807) is 0 Å². The maximum Gasteiger partial charge on any atom is 0.319 e. The van der Waals surface area contributed by atoms with Crippen molar-refractivity contribution in [2.75, 3.05) is 23.3 Å². The minimum Gasteiger partial charge on any atom is -1.00 e. The van der Waals surface area contributed by atoms with E-state index in [0.717, 1.165) is 37.2 Å². The van der Waals surface area contributed by atoms with Crippen LogP contribution in [-0.2, 0) is 0 Å². The van der Waals surface area contributed by atoms with E-state index in [0.29, 0.717) is 0 Å². The molecule has 0 saturated heterocycles. The average molecular weight is 327 g/mol. The number of hydrogen-bond donors (Lipinski definition) is 2. The molecule has 2 N–H and O–H groups in total. The summed E-state index contributed by atoms with van der Waals surface area (Å²) in [5, 5.41) is 5.93. The standard InChI is InChI=1S/C17H29N3O.ClH/c1-6-14(7-2)18-17(21)19-16-11-10-15(12-13(16)5)20(8-3)9-4;/h10-12,14H,6-9H2,1-5H3,(H2,18,19,21);1H/p-1. The van der Waals surface area contributed by atoms with Gasteiger partial charge in [-0.05, 0) is 57.4 Å². The third kappa shape index (κ3) is 5.76. The molecule has 1 rings (SSSR count). The number of urea groups is 1. The number of halogens is 1. The van der Waals surface area contributed by atoms with Gasteiger partial charge in [0, 0.05) is 30.5 Å². The summed E-state index contributed by atoms with van der Waals surface area (Å²) in [5.41, 5.74) is 3.15. The summed E-state index contributed by atoms with van der Waals surface area (Å²) in [6.45, 7) is 12.5. The largest absolute Gasteiger partial charge is 1.00 e. The van der Waals surface area contributed by atoms with Crippen LogP contribution in [0.15, 0.2) is 18.2 Å². The van der Waals surface area contributed by atoms with Crippen molar-refractivity contribution in [3.05, 3.63) is 23.8 Å². The first-order chi connectivity index (χ1) is 10.0. The quantitative estimate of drug-likeness (QED) is 0.789. The monoisotopic (exact) mass is 326 g/mol. The number of carbonyl (C=O) groups excluding carboxylic acids is 1. The van der Waals surface area contributed by atoms with Crippen LogP contribution >= 0.6 is 0 Å². The summed E-state index contributed by atoms with van der Waals surface area (Å²) in [4.78, 5) is 14.3. The number of carbonyl (C=O) groups is 1. The number of amides is 2. The third-order valence-electron chi connectivity index (χ3n) is 3.91. The predicted molar refractivity (Wildman–Crippen MR) is 91.3 cm³/mol. The molecule has 1 aromatic carbocycles. The molecule has 0 saturated carbocycles. The molecule has 0 aromatic heterocycles. The molecule has 0 unspecified atom stereocenters. The Hall–Kier alpha value is -1.42. The zero-order chi connectivity index (χ0) is 15.8. The Balaban J connectivity index is 0.00000441. The summed E-state index contributed by atoms with van der Waals surface area (Å²) in [5.74, 6) is 0. The summed E-state index contributed by atoms with van der Waals surface area (Å²) < 4.78 is 0. The van der Waals surface area contributed by atoms with Crippen molar-refractivity contribution >= 4 is 17.4 Å². The van der Waals surface area contributed by atoms with Gasteiger partial charge in [-0.15, -0.1) is 0 Å². The summed E-state index contributed by atoms with van der Waals surface area (Å²) in [6.07, 6.45) is 1.90. The van der Waals surface area contributed by atoms with E-state index in [-0.39, 0.29) is 24.5 Å². The van der Waals surface area contributed by atoms with E-state index in [2.05, 4.69) is 55.4 Å². The first-order valence-corrected chi connectivity index (χ1v) is 7.98. The van der Waals surface area contributed by atoms with Crippen molar-refractivity contribution in [2.45, 2.75) is 53.5 Å². The number of aryl methyl sites for hydroxylation is 1.